The first-order chi connectivity index (χ1) is 20.3. The zero-order valence-corrected chi connectivity index (χ0v) is 23.4. The SMILES string of the molecule is NC(=O)CCC(NC(=O)C(Cc1c[nH]c2ccccc12)NC(=O)C(N)CC(N)=O)C(=O)NC(CCCN=C(N)N)C(=O)O. The van der Waals surface area contributed by atoms with Gasteiger partial charge in [0, 0.05) is 36.5 Å². The second-order valence-electron chi connectivity index (χ2n) is 9.82. The first-order valence-corrected chi connectivity index (χ1v) is 13.3. The molecule has 0 radical (unpaired) electrons. The number of carboxylic acids is 1. The largest absolute Gasteiger partial charge is 0.480 e. The summed E-state index contributed by atoms with van der Waals surface area (Å²) >= 11 is 0. The van der Waals surface area contributed by atoms with Crippen LogP contribution in [0, 0.1) is 0 Å². The summed E-state index contributed by atoms with van der Waals surface area (Å²) in [6.45, 7) is 0.122. The molecule has 0 bridgehead atoms. The first-order valence-electron chi connectivity index (χ1n) is 13.3. The molecule has 17 nitrogen and oxygen atoms in total. The van der Waals surface area contributed by atoms with Gasteiger partial charge in [0.05, 0.1) is 12.5 Å². The van der Waals surface area contributed by atoms with Crippen molar-refractivity contribution < 1.29 is 33.9 Å². The van der Waals surface area contributed by atoms with Gasteiger partial charge >= 0.3 is 5.97 Å². The number of nitrogens with zero attached hydrogens (tertiary/aromatic N) is 1. The summed E-state index contributed by atoms with van der Waals surface area (Å²) in [6, 6.07) is 1.81. The Morgan fingerprint density at radius 3 is 2.09 bits per heavy atom. The van der Waals surface area contributed by atoms with Gasteiger partial charge < -0.3 is 54.7 Å². The summed E-state index contributed by atoms with van der Waals surface area (Å²) in [5, 5.41) is 17.7. The lowest BCUT2D eigenvalue weighted by Gasteiger charge is -2.25. The van der Waals surface area contributed by atoms with Crippen molar-refractivity contribution in [3.63, 3.8) is 0 Å². The maximum atomic E-state index is 13.5. The average molecular weight is 603 g/mol. The molecule has 2 aromatic rings. The highest BCUT2D eigenvalue weighted by atomic mass is 16.4. The third-order valence-electron chi connectivity index (χ3n) is 6.36. The van der Waals surface area contributed by atoms with Gasteiger partial charge in [0.1, 0.15) is 18.1 Å². The molecule has 0 aliphatic rings. The van der Waals surface area contributed by atoms with Crippen LogP contribution in [0.5, 0.6) is 0 Å². The highest BCUT2D eigenvalue weighted by Gasteiger charge is 2.31. The molecule has 2 rings (SSSR count). The molecule has 0 aliphatic heterocycles. The summed E-state index contributed by atoms with van der Waals surface area (Å²) in [7, 11) is 0. The Hall–Kier alpha value is -5.19. The summed E-state index contributed by atoms with van der Waals surface area (Å²) < 4.78 is 0. The molecule has 0 saturated carbocycles. The summed E-state index contributed by atoms with van der Waals surface area (Å²) in [5.74, 6) is -5.68. The van der Waals surface area contributed by atoms with E-state index < -0.39 is 66.1 Å². The van der Waals surface area contributed by atoms with E-state index in [4.69, 9.17) is 28.7 Å². The lowest BCUT2D eigenvalue weighted by atomic mass is 10.0. The predicted octanol–water partition coefficient (Wildman–Crippen LogP) is -3.23. The van der Waals surface area contributed by atoms with Gasteiger partial charge in [-0.15, -0.1) is 0 Å². The Labute approximate surface area is 246 Å². The van der Waals surface area contributed by atoms with E-state index in [2.05, 4.69) is 25.9 Å². The molecule has 0 spiro atoms. The molecular weight excluding hydrogens is 564 g/mol. The van der Waals surface area contributed by atoms with E-state index in [9.17, 15) is 33.9 Å². The summed E-state index contributed by atoms with van der Waals surface area (Å²) in [6.07, 6.45) is 0.723. The molecule has 0 fully saturated rings. The van der Waals surface area contributed by atoms with Gasteiger partial charge in [-0.05, 0) is 30.9 Å². The Kier molecular flexibility index (Phi) is 12.9. The second-order valence-corrected chi connectivity index (χ2v) is 9.82. The van der Waals surface area contributed by atoms with Crippen LogP contribution < -0.4 is 44.6 Å². The molecule has 5 amide bonds. The number of H-pyrrole nitrogens is 1. The van der Waals surface area contributed by atoms with Crippen molar-refractivity contribution >= 4 is 52.4 Å². The van der Waals surface area contributed by atoms with Crippen LogP contribution >= 0.6 is 0 Å². The van der Waals surface area contributed by atoms with Gasteiger partial charge in [-0.25, -0.2) is 4.79 Å². The van der Waals surface area contributed by atoms with E-state index >= 15 is 0 Å². The molecule has 1 aromatic heterocycles. The minimum Gasteiger partial charge on any atom is -0.480 e. The molecule has 15 N–H and O–H groups in total. The Bertz CT molecular complexity index is 1350. The highest BCUT2D eigenvalue weighted by molar-refractivity contribution is 5.96. The van der Waals surface area contributed by atoms with E-state index in [0.717, 1.165) is 10.9 Å². The third-order valence-corrected chi connectivity index (χ3v) is 6.36. The normalized spacial score (nSPS) is 13.6. The maximum absolute atomic E-state index is 13.5. The number of rotatable bonds is 18. The molecule has 1 heterocycles. The molecule has 4 unspecified atom stereocenters. The van der Waals surface area contributed by atoms with Gasteiger partial charge in [-0.1, -0.05) is 18.2 Å². The summed E-state index contributed by atoms with van der Waals surface area (Å²) in [5.41, 5.74) is 28.1. The van der Waals surface area contributed by atoms with E-state index in [-0.39, 0.29) is 44.6 Å². The van der Waals surface area contributed by atoms with Crippen molar-refractivity contribution in [1.29, 1.82) is 0 Å². The van der Waals surface area contributed by atoms with Crippen LogP contribution in [-0.2, 0) is 35.2 Å². The first kappa shape index (κ1) is 34.0. The number of nitrogens with two attached hydrogens (primary N) is 5. The lowest BCUT2D eigenvalue weighted by molar-refractivity contribution is -0.142. The fraction of sp³-hybridized carbons (Fsp3) is 0.423. The zero-order chi connectivity index (χ0) is 32.1. The number of primary amides is 2. The van der Waals surface area contributed by atoms with Crippen molar-refractivity contribution in [3.05, 3.63) is 36.0 Å². The number of aromatic nitrogens is 1. The number of guanidine groups is 1. The Morgan fingerprint density at radius 1 is 0.837 bits per heavy atom. The lowest BCUT2D eigenvalue weighted by Crippen LogP contribution is -2.58. The van der Waals surface area contributed by atoms with E-state index in [1.807, 2.05) is 12.1 Å². The van der Waals surface area contributed by atoms with Crippen molar-refractivity contribution in [3.8, 4) is 0 Å². The number of hydrogen-bond acceptors (Lipinski definition) is 8. The molecule has 0 aliphatic carbocycles. The number of aliphatic imine (C=N–C) groups is 1. The van der Waals surface area contributed by atoms with Crippen molar-refractivity contribution in [2.24, 2.45) is 33.7 Å². The van der Waals surface area contributed by atoms with Gasteiger partial charge in [0.25, 0.3) is 0 Å². The van der Waals surface area contributed by atoms with Crippen LogP contribution in [0.15, 0.2) is 35.5 Å². The molecule has 4 atom stereocenters. The van der Waals surface area contributed by atoms with Crippen LogP contribution in [0.2, 0.25) is 0 Å². The molecular formula is C26H38N10O7. The second kappa shape index (κ2) is 16.3. The Balaban J connectivity index is 2.28. The molecule has 1 aromatic carbocycles. The van der Waals surface area contributed by atoms with Gasteiger partial charge in [0.2, 0.25) is 29.5 Å². The number of hydrogen-bond donors (Lipinski definition) is 10. The van der Waals surface area contributed by atoms with E-state index in [1.165, 1.54) is 0 Å². The third kappa shape index (κ3) is 11.3. The van der Waals surface area contributed by atoms with E-state index in [0.29, 0.717) is 5.56 Å². The monoisotopic (exact) mass is 602 g/mol. The number of carbonyl (C=O) groups is 6. The number of carboxylic acid groups (broad SMARTS) is 1. The number of benzene rings is 1. The fourth-order valence-corrected chi connectivity index (χ4v) is 4.18. The van der Waals surface area contributed by atoms with Crippen molar-refractivity contribution in [2.45, 2.75) is 62.7 Å². The number of aromatic amines is 1. The number of fused-ring (bicyclic) bond motifs is 1. The molecule has 17 heteroatoms. The van der Waals surface area contributed by atoms with Crippen molar-refractivity contribution in [2.75, 3.05) is 6.54 Å². The maximum Gasteiger partial charge on any atom is 0.326 e. The quantitative estimate of drug-likeness (QED) is 0.0462. The van der Waals surface area contributed by atoms with Crippen LogP contribution in [0.1, 0.15) is 37.7 Å². The van der Waals surface area contributed by atoms with Crippen LogP contribution in [-0.4, -0.2) is 82.3 Å². The topological polar surface area (TPSA) is 317 Å². The average Bonchev–Trinajstić information content (AvgIpc) is 3.33. The number of carbonyl (C=O) groups excluding carboxylic acids is 5. The van der Waals surface area contributed by atoms with Crippen LogP contribution in [0.3, 0.4) is 0 Å². The van der Waals surface area contributed by atoms with Crippen LogP contribution in [0.25, 0.3) is 10.9 Å². The minimum absolute atomic E-state index is 0.0364. The standard InChI is InChI=1S/C26H38N10O7/c27-15(11-21(29)38)22(39)36-19(10-13-12-33-16-5-2-1-4-14(13)16)24(41)34-17(7-8-20(28)37)23(40)35-18(25(42)43)6-3-9-32-26(30)31/h1-2,4-5,12,15,17-19,33H,3,6-11,27H2,(H2,28,37)(H2,29,38)(H,34,41)(H,35,40)(H,36,39)(H,42,43)(H4,30,31,32). The summed E-state index contributed by atoms with van der Waals surface area (Å²) in [4.78, 5) is 80.8. The molecule has 0 saturated heterocycles. The van der Waals surface area contributed by atoms with Crippen molar-refractivity contribution in [1.82, 2.24) is 20.9 Å². The predicted molar refractivity (Wildman–Crippen MR) is 156 cm³/mol. The van der Waals surface area contributed by atoms with Gasteiger partial charge in [0.15, 0.2) is 5.96 Å². The molecule has 234 valence electrons. The smallest absolute Gasteiger partial charge is 0.326 e. The number of para-hydroxylation sites is 1. The van der Waals surface area contributed by atoms with E-state index in [1.54, 1.807) is 18.3 Å². The van der Waals surface area contributed by atoms with Gasteiger partial charge in [-0.2, -0.15) is 0 Å². The Morgan fingerprint density at radius 2 is 1.47 bits per heavy atom. The van der Waals surface area contributed by atoms with Crippen LogP contribution in [0.4, 0.5) is 0 Å². The number of nitrogens with one attached hydrogen (secondary N) is 4. The highest BCUT2D eigenvalue weighted by Crippen LogP contribution is 2.19. The number of aliphatic carboxylic acids is 1. The van der Waals surface area contributed by atoms with Gasteiger partial charge in [-0.3, -0.25) is 29.0 Å². The fourth-order valence-electron chi connectivity index (χ4n) is 4.18. The number of amides is 5. The zero-order valence-electron chi connectivity index (χ0n) is 23.4. The minimum atomic E-state index is -1.40. The molecule has 43 heavy (non-hydrogen) atoms.